The molecule has 0 unspecified atom stereocenters. The summed E-state index contributed by atoms with van der Waals surface area (Å²) >= 11 is 0. The highest BCUT2D eigenvalue weighted by molar-refractivity contribution is 5.92. The largest absolute Gasteiger partial charge is 0.490 e. The van der Waals surface area contributed by atoms with Gasteiger partial charge in [0.15, 0.2) is 11.5 Å². The van der Waals surface area contributed by atoms with Crippen molar-refractivity contribution in [2.24, 2.45) is 0 Å². The normalized spacial score (nSPS) is 11.6. The molecule has 0 bridgehead atoms. The van der Waals surface area contributed by atoms with E-state index < -0.39 is 12.0 Å². The summed E-state index contributed by atoms with van der Waals surface area (Å²) in [6.07, 6.45) is -3.12. The van der Waals surface area contributed by atoms with Gasteiger partial charge in [-0.3, -0.25) is 4.79 Å². The molecule has 3 aromatic rings. The number of nitrogens with zero attached hydrogens (tertiary/aromatic N) is 4. The molecule has 0 aliphatic carbocycles. The molecule has 0 saturated carbocycles. The second kappa shape index (κ2) is 10.1. The molecule has 0 spiro atoms. The van der Waals surface area contributed by atoms with Gasteiger partial charge in [0.1, 0.15) is 0 Å². The van der Waals surface area contributed by atoms with Crippen molar-refractivity contribution in [3.63, 3.8) is 0 Å². The fraction of sp³-hybridized carbons (Fsp3) is 0.455. The van der Waals surface area contributed by atoms with Gasteiger partial charge in [0.25, 0.3) is 11.6 Å². The number of fused-ring (bicyclic) bond motifs is 1. The van der Waals surface area contributed by atoms with Gasteiger partial charge < -0.3 is 14.8 Å². The van der Waals surface area contributed by atoms with E-state index in [0.717, 1.165) is 17.4 Å². The predicted octanol–water partition coefficient (Wildman–Crippen LogP) is 4.52. The van der Waals surface area contributed by atoms with Crippen LogP contribution in [0.2, 0.25) is 0 Å². The van der Waals surface area contributed by atoms with Crippen molar-refractivity contribution in [2.75, 3.05) is 18.5 Å². The standard InChI is InChI=1S/C22H26F3N5O3/c1-5-9-32-17-8-7-15(11-18(17)33-10-6-2)27-19(31)12-16-13(3)26-21-28-20(22(23,24)25)29-30(21)14(16)4/h7-8,11H,5-6,9-10,12H2,1-4H3,(H,27,31). The highest BCUT2D eigenvalue weighted by atomic mass is 19.4. The summed E-state index contributed by atoms with van der Waals surface area (Å²) in [5, 5.41) is 6.30. The van der Waals surface area contributed by atoms with Crippen LogP contribution in [0.5, 0.6) is 11.5 Å². The van der Waals surface area contributed by atoms with E-state index in [9.17, 15) is 18.0 Å². The minimum absolute atomic E-state index is 0.0962. The molecule has 0 fully saturated rings. The van der Waals surface area contributed by atoms with Crippen LogP contribution in [0, 0.1) is 13.8 Å². The number of aromatic nitrogens is 4. The van der Waals surface area contributed by atoms with Gasteiger partial charge in [0, 0.05) is 28.7 Å². The molecule has 0 aliphatic rings. The van der Waals surface area contributed by atoms with E-state index in [0.29, 0.717) is 47.4 Å². The molecule has 11 heteroatoms. The van der Waals surface area contributed by atoms with Gasteiger partial charge in [-0.2, -0.15) is 18.2 Å². The van der Waals surface area contributed by atoms with Crippen LogP contribution in [-0.4, -0.2) is 38.7 Å². The van der Waals surface area contributed by atoms with Crippen molar-refractivity contribution < 1.29 is 27.4 Å². The molecule has 1 aromatic carbocycles. The number of amides is 1. The van der Waals surface area contributed by atoms with Crippen LogP contribution in [-0.2, 0) is 17.4 Å². The Kier molecular flexibility index (Phi) is 7.39. The predicted molar refractivity (Wildman–Crippen MR) is 116 cm³/mol. The fourth-order valence-corrected chi connectivity index (χ4v) is 3.19. The summed E-state index contributed by atoms with van der Waals surface area (Å²) < 4.78 is 51.4. The number of hydrogen-bond donors (Lipinski definition) is 1. The van der Waals surface area contributed by atoms with Gasteiger partial charge in [0.05, 0.1) is 19.6 Å². The van der Waals surface area contributed by atoms with E-state index >= 15 is 0 Å². The van der Waals surface area contributed by atoms with Crippen LogP contribution in [0.4, 0.5) is 18.9 Å². The molecular formula is C22H26F3N5O3. The summed E-state index contributed by atoms with van der Waals surface area (Å²) in [4.78, 5) is 20.3. The lowest BCUT2D eigenvalue weighted by Crippen LogP contribution is -2.18. The Balaban J connectivity index is 1.81. The molecule has 0 saturated heterocycles. The zero-order chi connectivity index (χ0) is 24.2. The molecule has 0 atom stereocenters. The van der Waals surface area contributed by atoms with Crippen molar-refractivity contribution in [2.45, 2.75) is 53.1 Å². The molecule has 33 heavy (non-hydrogen) atoms. The van der Waals surface area contributed by atoms with Gasteiger partial charge >= 0.3 is 6.18 Å². The van der Waals surface area contributed by atoms with Gasteiger partial charge in [-0.1, -0.05) is 13.8 Å². The summed E-state index contributed by atoms with van der Waals surface area (Å²) in [6.45, 7) is 8.23. The molecular weight excluding hydrogens is 439 g/mol. The Morgan fingerprint density at radius 1 is 1.06 bits per heavy atom. The first-order chi connectivity index (χ1) is 15.6. The Morgan fingerprint density at radius 2 is 1.73 bits per heavy atom. The molecule has 2 aromatic heterocycles. The van der Waals surface area contributed by atoms with Crippen molar-refractivity contribution in [3.05, 3.63) is 41.0 Å². The lowest BCUT2D eigenvalue weighted by atomic mass is 10.1. The minimum Gasteiger partial charge on any atom is -0.490 e. The van der Waals surface area contributed by atoms with E-state index in [-0.39, 0.29) is 18.1 Å². The van der Waals surface area contributed by atoms with Crippen molar-refractivity contribution in [1.82, 2.24) is 19.6 Å². The van der Waals surface area contributed by atoms with Gasteiger partial charge in [0.2, 0.25) is 5.91 Å². The number of hydrogen-bond acceptors (Lipinski definition) is 6. The monoisotopic (exact) mass is 465 g/mol. The molecule has 3 rings (SSSR count). The molecule has 2 heterocycles. The van der Waals surface area contributed by atoms with Crippen molar-refractivity contribution >= 4 is 17.4 Å². The summed E-state index contributed by atoms with van der Waals surface area (Å²) in [5.41, 5.74) is 1.76. The maximum Gasteiger partial charge on any atom is 0.453 e. The number of anilines is 1. The summed E-state index contributed by atoms with van der Waals surface area (Å²) in [7, 11) is 0. The van der Waals surface area contributed by atoms with Gasteiger partial charge in [-0.05, 0) is 38.8 Å². The van der Waals surface area contributed by atoms with Gasteiger partial charge in [-0.15, -0.1) is 5.10 Å². The highest BCUT2D eigenvalue weighted by Gasteiger charge is 2.37. The van der Waals surface area contributed by atoms with Crippen LogP contribution >= 0.6 is 0 Å². The number of carbonyl (C=O) groups is 1. The average molecular weight is 465 g/mol. The molecule has 0 radical (unpaired) electrons. The van der Waals surface area contributed by atoms with E-state index in [2.05, 4.69) is 20.4 Å². The van der Waals surface area contributed by atoms with Crippen molar-refractivity contribution in [1.29, 1.82) is 0 Å². The molecule has 178 valence electrons. The third-order valence-corrected chi connectivity index (χ3v) is 4.79. The Labute approximate surface area is 189 Å². The maximum absolute atomic E-state index is 13.0. The van der Waals surface area contributed by atoms with Crippen LogP contribution in [0.25, 0.3) is 5.78 Å². The molecule has 1 amide bonds. The van der Waals surface area contributed by atoms with Crippen LogP contribution < -0.4 is 14.8 Å². The number of rotatable bonds is 9. The topological polar surface area (TPSA) is 90.6 Å². The number of benzene rings is 1. The summed E-state index contributed by atoms with van der Waals surface area (Å²) in [5.74, 6) is -0.676. The summed E-state index contributed by atoms with van der Waals surface area (Å²) in [6, 6.07) is 5.12. The van der Waals surface area contributed by atoms with Crippen LogP contribution in [0.15, 0.2) is 18.2 Å². The second-order valence-corrected chi connectivity index (χ2v) is 7.49. The second-order valence-electron chi connectivity index (χ2n) is 7.49. The fourth-order valence-electron chi connectivity index (χ4n) is 3.19. The van der Waals surface area contributed by atoms with Crippen LogP contribution in [0.3, 0.4) is 0 Å². The first-order valence-electron chi connectivity index (χ1n) is 10.6. The lowest BCUT2D eigenvalue weighted by molar-refractivity contribution is -0.144. The number of halogens is 3. The SMILES string of the molecule is CCCOc1ccc(NC(=O)Cc2c(C)nc3nc(C(F)(F)F)nn3c2C)cc1OCCC. The van der Waals surface area contributed by atoms with Crippen LogP contribution in [0.1, 0.15) is 49.5 Å². The zero-order valence-corrected chi connectivity index (χ0v) is 18.9. The van der Waals surface area contributed by atoms with Crippen molar-refractivity contribution in [3.8, 4) is 11.5 Å². The zero-order valence-electron chi connectivity index (χ0n) is 18.9. The third kappa shape index (κ3) is 5.71. The third-order valence-electron chi connectivity index (χ3n) is 4.79. The lowest BCUT2D eigenvalue weighted by Gasteiger charge is -2.15. The molecule has 8 nitrogen and oxygen atoms in total. The average Bonchev–Trinajstić information content (AvgIpc) is 3.19. The molecule has 1 N–H and O–H groups in total. The highest BCUT2D eigenvalue weighted by Crippen LogP contribution is 2.31. The first kappa shape index (κ1) is 24.3. The number of ether oxygens (including phenoxy) is 2. The van der Waals surface area contributed by atoms with E-state index in [1.165, 1.54) is 0 Å². The quantitative estimate of drug-likeness (QED) is 0.500. The molecule has 0 aliphatic heterocycles. The Hall–Kier alpha value is -3.37. The first-order valence-corrected chi connectivity index (χ1v) is 10.6. The Bertz CT molecular complexity index is 1140. The van der Waals surface area contributed by atoms with E-state index in [1.807, 2.05) is 13.8 Å². The minimum atomic E-state index is -4.68. The Morgan fingerprint density at radius 3 is 2.36 bits per heavy atom. The number of nitrogens with one attached hydrogen (secondary N) is 1. The van der Waals surface area contributed by atoms with E-state index in [4.69, 9.17) is 9.47 Å². The number of alkyl halides is 3. The van der Waals surface area contributed by atoms with Gasteiger partial charge in [-0.25, -0.2) is 9.50 Å². The number of carbonyl (C=O) groups excluding carboxylic acids is 1. The maximum atomic E-state index is 13.0. The smallest absolute Gasteiger partial charge is 0.453 e. The van der Waals surface area contributed by atoms with E-state index in [1.54, 1.807) is 32.0 Å². The number of aryl methyl sites for hydroxylation is 2.